The standard InChI is InChI=1S/C25H34N2/c1-2-4-19-7-9-20(10-8-19)11-12-21-13-15-22(16-14-21)24-6-3-5-23(17-26)25(24)18-27/h3,5-6,19-22H,2,4,7-16H2,1H3. The zero-order valence-corrected chi connectivity index (χ0v) is 16.9. The molecule has 0 N–H and O–H groups in total. The normalized spacial score (nSPS) is 28.3. The molecule has 0 spiro atoms. The van der Waals surface area contributed by atoms with Gasteiger partial charge in [0.2, 0.25) is 0 Å². The molecule has 0 bridgehead atoms. The second-order valence-electron chi connectivity index (χ2n) is 8.96. The van der Waals surface area contributed by atoms with Crippen LogP contribution >= 0.6 is 0 Å². The molecule has 0 radical (unpaired) electrons. The molecule has 2 aliphatic rings. The number of nitriles is 2. The van der Waals surface area contributed by atoms with Crippen LogP contribution in [0.15, 0.2) is 18.2 Å². The lowest BCUT2D eigenvalue weighted by molar-refractivity contribution is 0.224. The topological polar surface area (TPSA) is 47.6 Å². The van der Waals surface area contributed by atoms with E-state index < -0.39 is 0 Å². The van der Waals surface area contributed by atoms with Gasteiger partial charge in [-0.15, -0.1) is 0 Å². The summed E-state index contributed by atoms with van der Waals surface area (Å²) in [6.07, 6.45) is 16.4. The van der Waals surface area contributed by atoms with E-state index in [0.29, 0.717) is 17.0 Å². The highest BCUT2D eigenvalue weighted by Gasteiger charge is 2.26. The van der Waals surface area contributed by atoms with Crippen LogP contribution in [0.3, 0.4) is 0 Å². The molecular formula is C25H34N2. The van der Waals surface area contributed by atoms with Gasteiger partial charge in [0.25, 0.3) is 0 Å². The fourth-order valence-electron chi connectivity index (χ4n) is 5.58. The lowest BCUT2D eigenvalue weighted by Crippen LogP contribution is -2.18. The van der Waals surface area contributed by atoms with Crippen LogP contribution in [-0.4, -0.2) is 0 Å². The van der Waals surface area contributed by atoms with Crippen molar-refractivity contribution in [3.8, 4) is 12.1 Å². The lowest BCUT2D eigenvalue weighted by atomic mass is 9.73. The first-order chi connectivity index (χ1) is 13.2. The summed E-state index contributed by atoms with van der Waals surface area (Å²) < 4.78 is 0. The molecule has 0 aromatic heterocycles. The number of nitrogens with zero attached hydrogens (tertiary/aromatic N) is 2. The maximum atomic E-state index is 9.49. The second kappa shape index (κ2) is 9.94. The molecule has 1 aromatic rings. The summed E-state index contributed by atoms with van der Waals surface area (Å²) in [6.45, 7) is 2.32. The van der Waals surface area contributed by atoms with Crippen LogP contribution < -0.4 is 0 Å². The maximum absolute atomic E-state index is 9.49. The van der Waals surface area contributed by atoms with E-state index in [1.54, 1.807) is 6.07 Å². The molecule has 2 heteroatoms. The van der Waals surface area contributed by atoms with Gasteiger partial charge in [-0.25, -0.2) is 0 Å². The van der Waals surface area contributed by atoms with Crippen molar-refractivity contribution in [2.75, 3.05) is 0 Å². The SMILES string of the molecule is CCCC1CCC(CCC2CCC(c3cccc(C#N)c3C#N)CC2)CC1. The molecule has 0 heterocycles. The van der Waals surface area contributed by atoms with Crippen LogP contribution in [0.4, 0.5) is 0 Å². The quantitative estimate of drug-likeness (QED) is 0.542. The van der Waals surface area contributed by atoms with Gasteiger partial charge in [0, 0.05) is 0 Å². The molecule has 27 heavy (non-hydrogen) atoms. The Labute approximate surface area is 165 Å². The Morgan fingerprint density at radius 2 is 1.33 bits per heavy atom. The van der Waals surface area contributed by atoms with Crippen LogP contribution in [0.25, 0.3) is 0 Å². The largest absolute Gasteiger partial charge is 0.192 e. The van der Waals surface area contributed by atoms with Crippen molar-refractivity contribution in [1.29, 1.82) is 10.5 Å². The predicted octanol–water partition coefficient (Wildman–Crippen LogP) is 7.09. The van der Waals surface area contributed by atoms with Crippen molar-refractivity contribution in [2.24, 2.45) is 17.8 Å². The zero-order chi connectivity index (χ0) is 19.1. The number of hydrogen-bond donors (Lipinski definition) is 0. The van der Waals surface area contributed by atoms with Crippen molar-refractivity contribution in [3.05, 3.63) is 34.9 Å². The maximum Gasteiger partial charge on any atom is 0.101 e. The molecule has 2 nitrogen and oxygen atoms in total. The third-order valence-electron chi connectivity index (χ3n) is 7.26. The van der Waals surface area contributed by atoms with E-state index in [1.165, 1.54) is 77.0 Å². The van der Waals surface area contributed by atoms with Gasteiger partial charge in [0.05, 0.1) is 11.1 Å². The highest BCUT2D eigenvalue weighted by atomic mass is 14.3. The Hall–Kier alpha value is -1.80. The summed E-state index contributed by atoms with van der Waals surface area (Å²) in [7, 11) is 0. The van der Waals surface area contributed by atoms with Gasteiger partial charge in [0.1, 0.15) is 12.1 Å². The van der Waals surface area contributed by atoms with E-state index >= 15 is 0 Å². The zero-order valence-electron chi connectivity index (χ0n) is 16.9. The fourth-order valence-corrected chi connectivity index (χ4v) is 5.58. The Kier molecular flexibility index (Phi) is 7.34. The minimum Gasteiger partial charge on any atom is -0.192 e. The highest BCUT2D eigenvalue weighted by molar-refractivity contribution is 5.51. The van der Waals surface area contributed by atoms with Gasteiger partial charge in [0.15, 0.2) is 0 Å². The van der Waals surface area contributed by atoms with Gasteiger partial charge in [-0.3, -0.25) is 0 Å². The predicted molar refractivity (Wildman–Crippen MR) is 110 cm³/mol. The molecule has 0 amide bonds. The highest BCUT2D eigenvalue weighted by Crippen LogP contribution is 2.41. The summed E-state index contributed by atoms with van der Waals surface area (Å²) >= 11 is 0. The number of hydrogen-bond acceptors (Lipinski definition) is 2. The van der Waals surface area contributed by atoms with E-state index in [4.69, 9.17) is 0 Å². The fraction of sp³-hybridized carbons (Fsp3) is 0.680. The molecule has 0 unspecified atom stereocenters. The Morgan fingerprint density at radius 3 is 1.85 bits per heavy atom. The van der Waals surface area contributed by atoms with Crippen LogP contribution in [0, 0.1) is 40.4 Å². The molecular weight excluding hydrogens is 328 g/mol. The van der Waals surface area contributed by atoms with Gasteiger partial charge in [-0.05, 0) is 61.0 Å². The first-order valence-electron chi connectivity index (χ1n) is 11.2. The van der Waals surface area contributed by atoms with Crippen LogP contribution in [0.5, 0.6) is 0 Å². The molecule has 0 saturated heterocycles. The molecule has 2 fully saturated rings. The van der Waals surface area contributed by atoms with Gasteiger partial charge >= 0.3 is 0 Å². The van der Waals surface area contributed by atoms with Crippen LogP contribution in [0.2, 0.25) is 0 Å². The van der Waals surface area contributed by atoms with Gasteiger partial charge in [-0.2, -0.15) is 10.5 Å². The summed E-state index contributed by atoms with van der Waals surface area (Å²) in [5.74, 6) is 3.33. The first kappa shape index (κ1) is 19.9. The van der Waals surface area contributed by atoms with E-state index in [-0.39, 0.29) is 0 Å². The van der Waals surface area contributed by atoms with Crippen molar-refractivity contribution < 1.29 is 0 Å². The average molecular weight is 363 g/mol. The summed E-state index contributed by atoms with van der Waals surface area (Å²) in [5, 5.41) is 18.7. The monoisotopic (exact) mass is 362 g/mol. The molecule has 0 aliphatic heterocycles. The Bertz CT molecular complexity index is 677. The molecule has 3 rings (SSSR count). The average Bonchev–Trinajstić information content (AvgIpc) is 2.73. The minimum absolute atomic E-state index is 0.466. The van der Waals surface area contributed by atoms with E-state index in [9.17, 15) is 10.5 Å². The van der Waals surface area contributed by atoms with E-state index in [2.05, 4.69) is 25.1 Å². The first-order valence-corrected chi connectivity index (χ1v) is 11.2. The summed E-state index contributed by atoms with van der Waals surface area (Å²) in [6, 6.07) is 10.2. The summed E-state index contributed by atoms with van der Waals surface area (Å²) in [4.78, 5) is 0. The Morgan fingerprint density at radius 1 is 0.778 bits per heavy atom. The number of rotatable bonds is 6. The van der Waals surface area contributed by atoms with Crippen molar-refractivity contribution in [1.82, 2.24) is 0 Å². The van der Waals surface area contributed by atoms with Crippen LogP contribution in [0.1, 0.15) is 107 Å². The van der Waals surface area contributed by atoms with Crippen molar-refractivity contribution >= 4 is 0 Å². The summed E-state index contributed by atoms with van der Waals surface area (Å²) in [5.41, 5.74) is 2.27. The van der Waals surface area contributed by atoms with E-state index in [0.717, 1.165) is 23.3 Å². The molecule has 144 valence electrons. The van der Waals surface area contributed by atoms with Crippen LogP contribution in [-0.2, 0) is 0 Å². The van der Waals surface area contributed by atoms with Crippen molar-refractivity contribution in [3.63, 3.8) is 0 Å². The third kappa shape index (κ3) is 5.13. The third-order valence-corrected chi connectivity index (χ3v) is 7.26. The second-order valence-corrected chi connectivity index (χ2v) is 8.96. The van der Waals surface area contributed by atoms with Gasteiger partial charge in [-0.1, -0.05) is 70.4 Å². The van der Waals surface area contributed by atoms with E-state index in [1.807, 2.05) is 6.07 Å². The smallest absolute Gasteiger partial charge is 0.101 e. The number of benzene rings is 1. The minimum atomic E-state index is 0.466. The molecule has 2 aliphatic carbocycles. The van der Waals surface area contributed by atoms with Gasteiger partial charge < -0.3 is 0 Å². The molecule has 0 atom stereocenters. The lowest BCUT2D eigenvalue weighted by Gasteiger charge is -2.32. The van der Waals surface area contributed by atoms with Crippen molar-refractivity contribution in [2.45, 2.75) is 89.9 Å². The molecule has 2 saturated carbocycles. The molecule has 1 aromatic carbocycles. The Balaban J connectivity index is 1.45.